The summed E-state index contributed by atoms with van der Waals surface area (Å²) in [4.78, 5) is 10.2. The van der Waals surface area contributed by atoms with Crippen LogP contribution in [0, 0.1) is 5.92 Å². The van der Waals surface area contributed by atoms with Crippen LogP contribution in [-0.4, -0.2) is 6.29 Å². The van der Waals surface area contributed by atoms with Crippen molar-refractivity contribution in [1.82, 2.24) is 0 Å². The molecule has 1 nitrogen and oxygen atoms in total. The minimum absolute atomic E-state index is 0.469. The van der Waals surface area contributed by atoms with Gasteiger partial charge in [0.2, 0.25) is 0 Å². The van der Waals surface area contributed by atoms with Gasteiger partial charge in [-0.1, -0.05) is 25.2 Å². The summed E-state index contributed by atoms with van der Waals surface area (Å²) in [6.45, 7) is 5.94. The van der Waals surface area contributed by atoms with Gasteiger partial charge < -0.3 is 0 Å². The third kappa shape index (κ3) is 5.59. The number of rotatable bonds is 4. The molecule has 0 amide bonds. The number of carbonyl (C=O) groups excluding carboxylic acids is 1. The predicted molar refractivity (Wildman–Crippen MR) is 48.4 cm³/mol. The topological polar surface area (TPSA) is 17.1 Å². The maximum atomic E-state index is 10.2. The van der Waals surface area contributed by atoms with Crippen LogP contribution in [0.3, 0.4) is 0 Å². The Balaban J connectivity index is 3.84. The van der Waals surface area contributed by atoms with Gasteiger partial charge in [-0.3, -0.25) is 4.79 Å². The molecule has 0 aliphatic rings. The first kappa shape index (κ1) is 10.2. The van der Waals surface area contributed by atoms with Crippen molar-refractivity contribution >= 4 is 6.29 Å². The summed E-state index contributed by atoms with van der Waals surface area (Å²) in [5, 5.41) is 0. The third-order valence-corrected chi connectivity index (χ3v) is 1.48. The van der Waals surface area contributed by atoms with Crippen LogP contribution in [0.1, 0.15) is 27.2 Å². The van der Waals surface area contributed by atoms with Gasteiger partial charge in [0, 0.05) is 0 Å². The van der Waals surface area contributed by atoms with Crippen LogP contribution in [-0.2, 0) is 4.79 Å². The predicted octanol–water partition coefficient (Wildman–Crippen LogP) is 2.73. The molecular weight excluding hydrogens is 136 g/mol. The van der Waals surface area contributed by atoms with E-state index in [1.807, 2.05) is 26.0 Å². The number of aldehydes is 1. The molecular formula is C10H16O. The van der Waals surface area contributed by atoms with Crippen LogP contribution in [0.4, 0.5) is 0 Å². The normalized spacial score (nSPS) is 15.4. The average Bonchev–Trinajstić information content (AvgIpc) is 2.00. The van der Waals surface area contributed by atoms with Crippen molar-refractivity contribution < 1.29 is 4.79 Å². The van der Waals surface area contributed by atoms with Gasteiger partial charge in [0.15, 0.2) is 0 Å². The van der Waals surface area contributed by atoms with Crippen molar-refractivity contribution in [3.63, 3.8) is 0 Å². The largest absolute Gasteiger partial charge is 0.298 e. The Labute approximate surface area is 68.8 Å². The number of hydrogen-bond donors (Lipinski definition) is 0. The fourth-order valence-electron chi connectivity index (χ4n) is 0.907. The Morgan fingerprint density at radius 1 is 1.55 bits per heavy atom. The molecule has 0 heterocycles. The highest BCUT2D eigenvalue weighted by atomic mass is 16.1. The maximum absolute atomic E-state index is 10.2. The quantitative estimate of drug-likeness (QED) is 0.344. The zero-order chi connectivity index (χ0) is 8.69. The lowest BCUT2D eigenvalue weighted by Crippen LogP contribution is -1.89. The van der Waals surface area contributed by atoms with Crippen molar-refractivity contribution in [2.75, 3.05) is 0 Å². The van der Waals surface area contributed by atoms with Gasteiger partial charge in [0.25, 0.3) is 0 Å². The van der Waals surface area contributed by atoms with Crippen molar-refractivity contribution in [2.24, 2.45) is 5.92 Å². The highest BCUT2D eigenvalue weighted by Crippen LogP contribution is 2.06. The van der Waals surface area contributed by atoms with E-state index in [1.54, 1.807) is 0 Å². The highest BCUT2D eigenvalue weighted by Gasteiger charge is 1.94. The van der Waals surface area contributed by atoms with Crippen LogP contribution in [0.2, 0.25) is 0 Å². The van der Waals surface area contributed by atoms with Crippen LogP contribution in [0.15, 0.2) is 23.8 Å². The average molecular weight is 152 g/mol. The summed E-state index contributed by atoms with van der Waals surface area (Å²) in [7, 11) is 0. The minimum Gasteiger partial charge on any atom is -0.298 e. The first-order valence-corrected chi connectivity index (χ1v) is 3.95. The lowest BCUT2D eigenvalue weighted by molar-refractivity contribution is -0.104. The van der Waals surface area contributed by atoms with E-state index in [9.17, 15) is 4.79 Å². The van der Waals surface area contributed by atoms with Crippen molar-refractivity contribution in [2.45, 2.75) is 27.2 Å². The lowest BCUT2D eigenvalue weighted by Gasteiger charge is -2.00. The van der Waals surface area contributed by atoms with Gasteiger partial charge in [0.1, 0.15) is 6.29 Å². The molecule has 0 fully saturated rings. The second kappa shape index (κ2) is 5.90. The van der Waals surface area contributed by atoms with Crippen molar-refractivity contribution in [3.05, 3.63) is 23.8 Å². The van der Waals surface area contributed by atoms with Gasteiger partial charge >= 0.3 is 0 Å². The molecule has 0 aliphatic carbocycles. The van der Waals surface area contributed by atoms with Crippen LogP contribution in [0.5, 0.6) is 0 Å². The molecule has 0 spiro atoms. The van der Waals surface area contributed by atoms with E-state index in [1.165, 1.54) is 0 Å². The molecule has 0 rings (SSSR count). The molecule has 0 bridgehead atoms. The van der Waals surface area contributed by atoms with E-state index in [2.05, 4.69) is 13.0 Å². The summed E-state index contributed by atoms with van der Waals surface area (Å²) < 4.78 is 0. The first-order valence-electron chi connectivity index (χ1n) is 3.95. The molecule has 62 valence electrons. The summed E-state index contributed by atoms with van der Waals surface area (Å²) in [6, 6.07) is 0. The fraction of sp³-hybridized carbons (Fsp3) is 0.500. The molecule has 1 unspecified atom stereocenters. The molecule has 1 heteroatoms. The fourth-order valence-corrected chi connectivity index (χ4v) is 0.907. The Morgan fingerprint density at radius 2 is 2.18 bits per heavy atom. The Hall–Kier alpha value is -0.850. The Bertz CT molecular complexity index is 166. The Morgan fingerprint density at radius 3 is 2.64 bits per heavy atom. The van der Waals surface area contributed by atoms with Crippen molar-refractivity contribution in [3.8, 4) is 0 Å². The number of hydrogen-bond acceptors (Lipinski definition) is 1. The zero-order valence-corrected chi connectivity index (χ0v) is 7.50. The highest BCUT2D eigenvalue weighted by molar-refractivity contribution is 5.72. The molecule has 0 saturated carbocycles. The van der Waals surface area contributed by atoms with Gasteiger partial charge in [-0.25, -0.2) is 0 Å². The van der Waals surface area contributed by atoms with E-state index >= 15 is 0 Å². The van der Waals surface area contributed by atoms with E-state index < -0.39 is 0 Å². The molecule has 0 aromatic rings. The minimum atomic E-state index is 0.469. The lowest BCUT2D eigenvalue weighted by atomic mass is 10.1. The summed E-state index contributed by atoms with van der Waals surface area (Å²) in [6.07, 6.45) is 8.04. The van der Waals surface area contributed by atoms with Crippen LogP contribution in [0.25, 0.3) is 0 Å². The summed E-state index contributed by atoms with van der Waals surface area (Å²) in [5.41, 5.74) is 0.821. The van der Waals surface area contributed by atoms with Crippen LogP contribution >= 0.6 is 0 Å². The first-order chi connectivity index (χ1) is 5.20. The van der Waals surface area contributed by atoms with E-state index in [-0.39, 0.29) is 0 Å². The SMILES string of the molecule is C/C=C/CC(C)/C=C(\C)C=O. The standard InChI is InChI=1S/C10H16O/c1-4-5-6-9(2)7-10(3)8-11/h4-5,7-9H,6H2,1-3H3/b5-4+,10-7+. The molecule has 11 heavy (non-hydrogen) atoms. The van der Waals surface area contributed by atoms with Crippen LogP contribution < -0.4 is 0 Å². The maximum Gasteiger partial charge on any atom is 0.145 e. The van der Waals surface area contributed by atoms with E-state index in [0.29, 0.717) is 5.92 Å². The molecule has 0 aromatic carbocycles. The molecule has 0 N–H and O–H groups in total. The number of allylic oxidation sites excluding steroid dienone is 4. The Kier molecular flexibility index (Phi) is 5.44. The summed E-state index contributed by atoms with van der Waals surface area (Å²) in [5.74, 6) is 0.469. The van der Waals surface area contributed by atoms with Gasteiger partial charge in [-0.05, 0) is 31.8 Å². The van der Waals surface area contributed by atoms with E-state index in [4.69, 9.17) is 0 Å². The second-order valence-electron chi connectivity index (χ2n) is 2.81. The zero-order valence-electron chi connectivity index (χ0n) is 7.50. The van der Waals surface area contributed by atoms with Gasteiger partial charge in [-0.15, -0.1) is 0 Å². The number of carbonyl (C=O) groups is 1. The molecule has 0 aromatic heterocycles. The smallest absolute Gasteiger partial charge is 0.145 e. The monoisotopic (exact) mass is 152 g/mol. The third-order valence-electron chi connectivity index (χ3n) is 1.48. The second-order valence-corrected chi connectivity index (χ2v) is 2.81. The molecule has 0 radical (unpaired) electrons. The van der Waals surface area contributed by atoms with Gasteiger partial charge in [0.05, 0.1) is 0 Å². The van der Waals surface area contributed by atoms with E-state index in [0.717, 1.165) is 18.3 Å². The molecule has 1 atom stereocenters. The molecule has 0 aliphatic heterocycles. The summed E-state index contributed by atoms with van der Waals surface area (Å²) >= 11 is 0. The molecule has 0 saturated heterocycles. The van der Waals surface area contributed by atoms with Gasteiger partial charge in [-0.2, -0.15) is 0 Å². The van der Waals surface area contributed by atoms with Crippen molar-refractivity contribution in [1.29, 1.82) is 0 Å².